The SMILES string of the molecule is Bc1ccc(N2C(=O)[C@H]3C4C=CC(C4)N3C2=O)c2ccccc12. The molecule has 3 amide bonds. The third-order valence-electron chi connectivity index (χ3n) is 5.40. The molecule has 23 heavy (non-hydrogen) atoms. The van der Waals surface area contributed by atoms with Crippen LogP contribution in [0.4, 0.5) is 10.5 Å². The van der Waals surface area contributed by atoms with Crippen molar-refractivity contribution in [2.75, 3.05) is 4.90 Å². The van der Waals surface area contributed by atoms with Gasteiger partial charge in [-0.05, 0) is 17.9 Å². The minimum atomic E-state index is -0.308. The van der Waals surface area contributed by atoms with Crippen molar-refractivity contribution < 1.29 is 9.59 Å². The Morgan fingerprint density at radius 3 is 2.57 bits per heavy atom. The number of hydrogen-bond donors (Lipinski definition) is 0. The summed E-state index contributed by atoms with van der Waals surface area (Å²) in [6.45, 7) is 0. The molecule has 2 aliphatic heterocycles. The first-order chi connectivity index (χ1) is 11.2. The fraction of sp³-hybridized carbons (Fsp3) is 0.222. The minimum Gasteiger partial charge on any atom is -0.305 e. The highest BCUT2D eigenvalue weighted by molar-refractivity contribution is 6.40. The molecule has 112 valence electrons. The lowest BCUT2D eigenvalue weighted by molar-refractivity contribution is -0.119. The Bertz CT molecular complexity index is 877. The summed E-state index contributed by atoms with van der Waals surface area (Å²) in [5.74, 6) is 0.0963. The molecule has 2 fully saturated rings. The molecule has 2 heterocycles. The predicted octanol–water partition coefficient (Wildman–Crippen LogP) is 1.19. The van der Waals surface area contributed by atoms with E-state index in [1.165, 1.54) is 4.90 Å². The zero-order valence-electron chi connectivity index (χ0n) is 12.8. The number of fused-ring (bicyclic) bond motifs is 6. The van der Waals surface area contributed by atoms with E-state index < -0.39 is 0 Å². The molecule has 2 unspecified atom stereocenters. The summed E-state index contributed by atoms with van der Waals surface area (Å²) in [6.07, 6.45) is 5.04. The van der Waals surface area contributed by atoms with Crippen LogP contribution in [0.3, 0.4) is 0 Å². The van der Waals surface area contributed by atoms with Crippen molar-refractivity contribution in [3.63, 3.8) is 0 Å². The molecular weight excluding hydrogens is 287 g/mol. The number of hydrogen-bond acceptors (Lipinski definition) is 2. The van der Waals surface area contributed by atoms with Gasteiger partial charge in [0.15, 0.2) is 0 Å². The molecule has 0 N–H and O–H groups in total. The van der Waals surface area contributed by atoms with Gasteiger partial charge in [0.25, 0.3) is 5.91 Å². The number of amides is 3. The monoisotopic (exact) mass is 302 g/mol. The summed E-state index contributed by atoms with van der Waals surface area (Å²) in [4.78, 5) is 29.0. The van der Waals surface area contributed by atoms with Gasteiger partial charge in [-0.2, -0.15) is 0 Å². The molecule has 4 nitrogen and oxygen atoms in total. The largest absolute Gasteiger partial charge is 0.332 e. The van der Waals surface area contributed by atoms with Gasteiger partial charge in [-0.3, -0.25) is 4.79 Å². The van der Waals surface area contributed by atoms with Crippen LogP contribution in [0.25, 0.3) is 10.8 Å². The van der Waals surface area contributed by atoms with Gasteiger partial charge in [0, 0.05) is 11.3 Å². The third kappa shape index (κ3) is 1.52. The summed E-state index contributed by atoms with van der Waals surface area (Å²) < 4.78 is 0. The molecule has 2 aromatic rings. The number of benzene rings is 2. The van der Waals surface area contributed by atoms with Gasteiger partial charge in [0.1, 0.15) is 13.9 Å². The maximum atomic E-state index is 12.9. The van der Waals surface area contributed by atoms with Gasteiger partial charge in [-0.15, -0.1) is 0 Å². The second-order valence-electron chi connectivity index (χ2n) is 6.61. The lowest BCUT2D eigenvalue weighted by Crippen LogP contribution is -2.38. The molecule has 0 aromatic heterocycles. The fourth-order valence-electron chi connectivity index (χ4n) is 4.32. The van der Waals surface area contributed by atoms with Crippen LogP contribution in [-0.4, -0.2) is 36.8 Å². The Labute approximate surface area is 134 Å². The Kier molecular flexibility index (Phi) is 2.39. The van der Waals surface area contributed by atoms with E-state index >= 15 is 0 Å². The van der Waals surface area contributed by atoms with Crippen molar-refractivity contribution in [3.8, 4) is 0 Å². The van der Waals surface area contributed by atoms with Crippen LogP contribution >= 0.6 is 0 Å². The zero-order chi connectivity index (χ0) is 15.7. The van der Waals surface area contributed by atoms with Crippen molar-refractivity contribution >= 4 is 41.7 Å². The van der Waals surface area contributed by atoms with Crippen LogP contribution in [0, 0.1) is 5.92 Å². The standard InChI is InChI=1S/C18H15BN2O2/c19-14-7-8-15(13-4-2-1-3-12(13)14)21-17(22)16-10-5-6-11(9-10)20(16)18(21)23/h1-8,10-11,16H,9,19H2/t10?,11?,16-/m1/s1. The van der Waals surface area contributed by atoms with E-state index in [1.807, 2.05) is 44.2 Å². The highest BCUT2D eigenvalue weighted by Crippen LogP contribution is 2.44. The molecule has 5 heteroatoms. The number of anilines is 1. The fourth-order valence-corrected chi connectivity index (χ4v) is 4.32. The summed E-state index contributed by atoms with van der Waals surface area (Å²) in [5, 5.41) is 2.04. The van der Waals surface area contributed by atoms with E-state index in [2.05, 4.69) is 12.2 Å². The Hall–Kier alpha value is -2.56. The molecule has 2 bridgehead atoms. The second-order valence-corrected chi connectivity index (χ2v) is 6.61. The van der Waals surface area contributed by atoms with Crippen LogP contribution in [0.15, 0.2) is 48.6 Å². The van der Waals surface area contributed by atoms with Gasteiger partial charge in [-0.25, -0.2) is 9.69 Å². The summed E-state index contributed by atoms with van der Waals surface area (Å²) in [5.41, 5.74) is 1.85. The zero-order valence-corrected chi connectivity index (χ0v) is 12.8. The van der Waals surface area contributed by atoms with Gasteiger partial charge in [-0.1, -0.05) is 47.9 Å². The maximum absolute atomic E-state index is 12.9. The molecule has 2 saturated heterocycles. The Morgan fingerprint density at radius 2 is 1.78 bits per heavy atom. The number of nitrogens with zero attached hydrogens (tertiary/aromatic N) is 2. The first-order valence-corrected chi connectivity index (χ1v) is 8.00. The highest BCUT2D eigenvalue weighted by Gasteiger charge is 2.57. The third-order valence-corrected chi connectivity index (χ3v) is 5.40. The van der Waals surface area contributed by atoms with E-state index in [4.69, 9.17) is 0 Å². The molecule has 0 radical (unpaired) electrons. The number of urea groups is 1. The van der Waals surface area contributed by atoms with Gasteiger partial charge >= 0.3 is 6.03 Å². The van der Waals surface area contributed by atoms with Gasteiger partial charge in [0.2, 0.25) is 0 Å². The molecule has 3 atom stereocenters. The number of rotatable bonds is 1. The van der Waals surface area contributed by atoms with Gasteiger partial charge < -0.3 is 4.90 Å². The molecule has 2 aromatic carbocycles. The Morgan fingerprint density at radius 1 is 1.00 bits per heavy atom. The van der Waals surface area contributed by atoms with Crippen LogP contribution in [0.2, 0.25) is 0 Å². The molecule has 5 rings (SSSR count). The average Bonchev–Trinajstić information content (AvgIpc) is 3.24. The number of carbonyl (C=O) groups excluding carboxylic acids is 2. The summed E-state index contributed by atoms with van der Waals surface area (Å²) in [6, 6.07) is 11.4. The lowest BCUT2D eigenvalue weighted by atomic mass is 9.89. The molecule has 3 aliphatic rings. The Balaban J connectivity index is 1.68. The predicted molar refractivity (Wildman–Crippen MR) is 91.7 cm³/mol. The highest BCUT2D eigenvalue weighted by atomic mass is 16.2. The van der Waals surface area contributed by atoms with Crippen LogP contribution < -0.4 is 10.4 Å². The molecular formula is C18H15BN2O2. The topological polar surface area (TPSA) is 40.6 Å². The van der Waals surface area contributed by atoms with E-state index in [0.29, 0.717) is 5.69 Å². The van der Waals surface area contributed by atoms with Crippen LogP contribution in [-0.2, 0) is 4.79 Å². The smallest absolute Gasteiger partial charge is 0.305 e. The van der Waals surface area contributed by atoms with Gasteiger partial charge in [0.05, 0.1) is 11.7 Å². The maximum Gasteiger partial charge on any atom is 0.332 e. The van der Waals surface area contributed by atoms with Crippen molar-refractivity contribution in [2.45, 2.75) is 18.5 Å². The van der Waals surface area contributed by atoms with E-state index in [0.717, 1.165) is 22.7 Å². The van der Waals surface area contributed by atoms with E-state index in [9.17, 15) is 9.59 Å². The first-order valence-electron chi connectivity index (χ1n) is 8.00. The van der Waals surface area contributed by atoms with Crippen LogP contribution in [0.5, 0.6) is 0 Å². The molecule has 0 saturated carbocycles. The number of imide groups is 1. The second kappa shape index (κ2) is 4.25. The number of carbonyl (C=O) groups is 2. The van der Waals surface area contributed by atoms with Crippen LogP contribution in [0.1, 0.15) is 6.42 Å². The van der Waals surface area contributed by atoms with Crippen molar-refractivity contribution in [1.82, 2.24) is 4.90 Å². The average molecular weight is 302 g/mol. The van der Waals surface area contributed by atoms with E-state index in [1.54, 1.807) is 4.90 Å². The van der Waals surface area contributed by atoms with E-state index in [-0.39, 0.29) is 29.9 Å². The van der Waals surface area contributed by atoms with Crippen molar-refractivity contribution in [3.05, 3.63) is 48.6 Å². The quantitative estimate of drug-likeness (QED) is 0.451. The first kappa shape index (κ1) is 12.9. The normalized spacial score (nSPS) is 28.3. The molecule has 1 aliphatic carbocycles. The molecule has 0 spiro atoms. The summed E-state index contributed by atoms with van der Waals surface area (Å²) >= 11 is 0. The summed E-state index contributed by atoms with van der Waals surface area (Å²) in [7, 11) is 2.04. The minimum absolute atomic E-state index is 0.0825. The lowest BCUT2D eigenvalue weighted by Gasteiger charge is -2.22. The van der Waals surface area contributed by atoms with Crippen molar-refractivity contribution in [1.29, 1.82) is 0 Å². The van der Waals surface area contributed by atoms with Crippen molar-refractivity contribution in [2.24, 2.45) is 5.92 Å².